The molecule has 0 fully saturated rings. The van der Waals surface area contributed by atoms with Crippen molar-refractivity contribution in [2.45, 2.75) is 44.3 Å². The summed E-state index contributed by atoms with van der Waals surface area (Å²) in [4.78, 5) is 30.4. The Balaban J connectivity index is 1.65. The van der Waals surface area contributed by atoms with Crippen molar-refractivity contribution in [2.75, 3.05) is 0 Å². The van der Waals surface area contributed by atoms with E-state index in [0.29, 0.717) is 28.2 Å². The minimum atomic E-state index is -0.101. The van der Waals surface area contributed by atoms with Crippen LogP contribution < -0.4 is 10.9 Å². The number of fused-ring (bicyclic) bond motifs is 1. The topological polar surface area (TPSA) is 64.0 Å². The molecule has 0 aliphatic heterocycles. The van der Waals surface area contributed by atoms with Crippen LogP contribution >= 0.6 is 11.8 Å². The largest absolute Gasteiger partial charge is 0.350 e. The van der Waals surface area contributed by atoms with Crippen LogP contribution in [0.5, 0.6) is 0 Å². The van der Waals surface area contributed by atoms with Gasteiger partial charge in [0, 0.05) is 17.4 Å². The average Bonchev–Trinajstić information content (AvgIpc) is 2.80. The summed E-state index contributed by atoms with van der Waals surface area (Å²) in [5.74, 6) is 0.622. The van der Waals surface area contributed by atoms with Gasteiger partial charge in [-0.15, -0.1) is 0 Å². The molecule has 1 heterocycles. The third-order valence-corrected chi connectivity index (χ3v) is 6.30. The molecule has 0 atom stereocenters. The Morgan fingerprint density at radius 3 is 2.48 bits per heavy atom. The number of aromatic nitrogens is 2. The van der Waals surface area contributed by atoms with Crippen LogP contribution in [0, 0.1) is 6.92 Å². The quantitative estimate of drug-likeness (QED) is 0.307. The highest BCUT2D eigenvalue weighted by Gasteiger charge is 2.13. The van der Waals surface area contributed by atoms with E-state index in [1.165, 1.54) is 11.1 Å². The fourth-order valence-corrected chi connectivity index (χ4v) is 4.58. The van der Waals surface area contributed by atoms with E-state index >= 15 is 0 Å². The molecule has 4 rings (SSSR count). The van der Waals surface area contributed by atoms with E-state index in [2.05, 4.69) is 30.4 Å². The molecule has 0 unspecified atom stereocenters. The van der Waals surface area contributed by atoms with E-state index in [0.717, 1.165) is 11.3 Å². The van der Waals surface area contributed by atoms with Crippen molar-refractivity contribution in [3.63, 3.8) is 0 Å². The normalized spacial score (nSPS) is 11.2. The van der Waals surface area contributed by atoms with Crippen molar-refractivity contribution in [1.29, 1.82) is 0 Å². The SMILES string of the molecule is Cc1cccc(CSc2nc3ccccc3c(=O)n2Cc2ccc(C(=O)NC(C)C)cc2)c1. The van der Waals surface area contributed by atoms with E-state index in [1.54, 1.807) is 28.5 Å². The monoisotopic (exact) mass is 457 g/mol. The molecule has 4 aromatic rings. The van der Waals surface area contributed by atoms with Gasteiger partial charge in [-0.25, -0.2) is 4.98 Å². The smallest absolute Gasteiger partial charge is 0.262 e. The van der Waals surface area contributed by atoms with Gasteiger partial charge >= 0.3 is 0 Å². The van der Waals surface area contributed by atoms with Gasteiger partial charge in [-0.05, 0) is 56.2 Å². The summed E-state index contributed by atoms with van der Waals surface area (Å²) in [6, 6.07) is 23.3. The highest BCUT2D eigenvalue weighted by molar-refractivity contribution is 7.98. The summed E-state index contributed by atoms with van der Waals surface area (Å²) in [5.41, 5.74) is 4.58. The number of carbonyl (C=O) groups excluding carboxylic acids is 1. The molecule has 0 aliphatic rings. The van der Waals surface area contributed by atoms with Gasteiger partial charge in [0.2, 0.25) is 0 Å². The Bertz CT molecular complexity index is 1340. The zero-order valence-corrected chi connectivity index (χ0v) is 19.9. The first-order valence-corrected chi connectivity index (χ1v) is 12.0. The van der Waals surface area contributed by atoms with Crippen LogP contribution in [0.25, 0.3) is 10.9 Å². The summed E-state index contributed by atoms with van der Waals surface area (Å²) in [6.07, 6.45) is 0. The van der Waals surface area contributed by atoms with E-state index in [1.807, 2.05) is 56.3 Å². The first kappa shape index (κ1) is 22.8. The van der Waals surface area contributed by atoms with Gasteiger partial charge in [0.05, 0.1) is 17.4 Å². The number of nitrogens with one attached hydrogen (secondary N) is 1. The van der Waals surface area contributed by atoms with Gasteiger partial charge in [0.15, 0.2) is 5.16 Å². The summed E-state index contributed by atoms with van der Waals surface area (Å²) < 4.78 is 1.73. The maximum absolute atomic E-state index is 13.4. The Labute approximate surface area is 197 Å². The van der Waals surface area contributed by atoms with Crippen molar-refractivity contribution in [3.05, 3.63) is 105 Å². The van der Waals surface area contributed by atoms with Gasteiger partial charge in [0.25, 0.3) is 11.5 Å². The molecule has 1 amide bonds. The van der Waals surface area contributed by atoms with Crippen LogP contribution in [0.4, 0.5) is 0 Å². The zero-order valence-electron chi connectivity index (χ0n) is 19.0. The minimum absolute atomic E-state index is 0.0611. The Kier molecular flexibility index (Phi) is 6.94. The third-order valence-electron chi connectivity index (χ3n) is 5.25. The molecule has 0 saturated carbocycles. The van der Waals surface area contributed by atoms with Gasteiger partial charge in [-0.3, -0.25) is 14.2 Å². The van der Waals surface area contributed by atoms with Gasteiger partial charge in [-0.1, -0.05) is 65.9 Å². The summed E-state index contributed by atoms with van der Waals surface area (Å²) >= 11 is 1.56. The van der Waals surface area contributed by atoms with Crippen LogP contribution in [-0.4, -0.2) is 21.5 Å². The number of para-hydroxylation sites is 1. The number of carbonyl (C=O) groups is 1. The second kappa shape index (κ2) is 10.0. The number of amides is 1. The molecule has 3 aromatic carbocycles. The molecular weight excluding hydrogens is 430 g/mol. The van der Waals surface area contributed by atoms with Crippen molar-refractivity contribution >= 4 is 28.6 Å². The molecule has 0 bridgehead atoms. The van der Waals surface area contributed by atoms with Crippen molar-refractivity contribution in [3.8, 4) is 0 Å². The predicted octanol–water partition coefficient (Wildman–Crippen LogP) is 5.18. The highest BCUT2D eigenvalue weighted by atomic mass is 32.2. The Hall–Kier alpha value is -3.38. The number of hydrogen-bond donors (Lipinski definition) is 1. The van der Waals surface area contributed by atoms with Gasteiger partial charge < -0.3 is 5.32 Å². The van der Waals surface area contributed by atoms with E-state index in [9.17, 15) is 9.59 Å². The van der Waals surface area contributed by atoms with Crippen molar-refractivity contribution < 1.29 is 4.79 Å². The van der Waals surface area contributed by atoms with E-state index in [-0.39, 0.29) is 17.5 Å². The van der Waals surface area contributed by atoms with Crippen molar-refractivity contribution in [1.82, 2.24) is 14.9 Å². The second-order valence-electron chi connectivity index (χ2n) is 8.41. The number of hydrogen-bond acceptors (Lipinski definition) is 4. The number of nitrogens with zero attached hydrogens (tertiary/aromatic N) is 2. The third kappa shape index (κ3) is 5.52. The summed E-state index contributed by atoms with van der Waals surface area (Å²) in [5, 5.41) is 4.18. The molecule has 6 heteroatoms. The first-order valence-electron chi connectivity index (χ1n) is 11.0. The fourth-order valence-electron chi connectivity index (χ4n) is 3.64. The number of benzene rings is 3. The Morgan fingerprint density at radius 2 is 1.76 bits per heavy atom. The van der Waals surface area contributed by atoms with E-state index in [4.69, 9.17) is 4.98 Å². The number of aryl methyl sites for hydroxylation is 1. The van der Waals surface area contributed by atoms with Gasteiger partial charge in [0.1, 0.15) is 0 Å². The van der Waals surface area contributed by atoms with Crippen LogP contribution in [0.3, 0.4) is 0 Å². The second-order valence-corrected chi connectivity index (χ2v) is 9.35. The molecule has 168 valence electrons. The Morgan fingerprint density at radius 1 is 1.00 bits per heavy atom. The molecular formula is C27H27N3O2S. The lowest BCUT2D eigenvalue weighted by Gasteiger charge is -2.14. The minimum Gasteiger partial charge on any atom is -0.350 e. The molecule has 0 spiro atoms. The lowest BCUT2D eigenvalue weighted by molar-refractivity contribution is 0.0943. The summed E-state index contributed by atoms with van der Waals surface area (Å²) in [6.45, 7) is 6.32. The standard InChI is InChI=1S/C27H27N3O2S/c1-18(2)28-25(31)22-13-11-20(12-14-22)16-30-26(32)23-9-4-5-10-24(23)29-27(30)33-17-21-8-6-7-19(3)15-21/h4-15,18H,16-17H2,1-3H3,(H,28,31). The van der Waals surface area contributed by atoms with E-state index < -0.39 is 0 Å². The molecule has 1 N–H and O–H groups in total. The van der Waals surface area contributed by atoms with Crippen LogP contribution in [-0.2, 0) is 12.3 Å². The summed E-state index contributed by atoms with van der Waals surface area (Å²) in [7, 11) is 0. The zero-order chi connectivity index (χ0) is 23.4. The van der Waals surface area contributed by atoms with Crippen molar-refractivity contribution in [2.24, 2.45) is 0 Å². The maximum atomic E-state index is 13.4. The molecule has 0 aliphatic carbocycles. The maximum Gasteiger partial charge on any atom is 0.262 e. The lowest BCUT2D eigenvalue weighted by Crippen LogP contribution is -2.30. The lowest BCUT2D eigenvalue weighted by atomic mass is 10.1. The average molecular weight is 458 g/mol. The molecule has 0 radical (unpaired) electrons. The van der Waals surface area contributed by atoms with Crippen LogP contribution in [0.1, 0.15) is 40.9 Å². The number of thioether (sulfide) groups is 1. The predicted molar refractivity (Wildman–Crippen MR) is 135 cm³/mol. The molecule has 33 heavy (non-hydrogen) atoms. The molecule has 5 nitrogen and oxygen atoms in total. The number of rotatable bonds is 7. The van der Waals surface area contributed by atoms with Gasteiger partial charge in [-0.2, -0.15) is 0 Å². The first-order chi connectivity index (χ1) is 15.9. The highest BCUT2D eigenvalue weighted by Crippen LogP contribution is 2.23. The van der Waals surface area contributed by atoms with Crippen LogP contribution in [0.15, 0.2) is 82.7 Å². The molecule has 1 aromatic heterocycles. The molecule has 0 saturated heterocycles. The fraction of sp³-hybridized carbons (Fsp3) is 0.222. The van der Waals surface area contributed by atoms with Crippen LogP contribution in [0.2, 0.25) is 0 Å².